The van der Waals surface area contributed by atoms with E-state index in [4.69, 9.17) is 8.60 Å². The van der Waals surface area contributed by atoms with Gasteiger partial charge in [-0.2, -0.15) is 8.42 Å². The maximum absolute atomic E-state index is 12.5. The maximum Gasteiger partial charge on any atom is 0.297 e. The van der Waals surface area contributed by atoms with Gasteiger partial charge in [-0.1, -0.05) is 48.5 Å². The summed E-state index contributed by atoms with van der Waals surface area (Å²) in [6, 6.07) is 21.7. The molecule has 5 nitrogen and oxygen atoms in total. The van der Waals surface area contributed by atoms with Gasteiger partial charge in [0.1, 0.15) is 5.52 Å². The number of aromatic nitrogens is 1. The van der Waals surface area contributed by atoms with Gasteiger partial charge in [0.05, 0.1) is 11.5 Å². The number of oxazole rings is 1. The Morgan fingerprint density at radius 3 is 2.44 bits per heavy atom. The van der Waals surface area contributed by atoms with Crippen molar-refractivity contribution in [2.75, 3.05) is 0 Å². The van der Waals surface area contributed by atoms with Crippen LogP contribution in [0.2, 0.25) is 0 Å². The molecule has 27 heavy (non-hydrogen) atoms. The average molecular weight is 379 g/mol. The molecule has 6 heteroatoms. The van der Waals surface area contributed by atoms with Gasteiger partial charge in [0.15, 0.2) is 5.58 Å². The molecule has 0 fully saturated rings. The largest absolute Gasteiger partial charge is 0.436 e. The number of hydrogen-bond donors (Lipinski definition) is 0. The van der Waals surface area contributed by atoms with E-state index in [0.717, 1.165) is 5.56 Å². The van der Waals surface area contributed by atoms with Gasteiger partial charge < -0.3 is 4.42 Å². The van der Waals surface area contributed by atoms with Crippen molar-refractivity contribution in [2.24, 2.45) is 0 Å². The van der Waals surface area contributed by atoms with Crippen molar-refractivity contribution in [2.45, 2.75) is 18.4 Å². The van der Waals surface area contributed by atoms with Crippen LogP contribution in [0, 0.1) is 6.92 Å². The van der Waals surface area contributed by atoms with Crippen molar-refractivity contribution in [1.82, 2.24) is 4.98 Å². The van der Waals surface area contributed by atoms with Gasteiger partial charge in [0.2, 0.25) is 5.89 Å². The van der Waals surface area contributed by atoms with E-state index in [1.165, 1.54) is 6.07 Å². The zero-order valence-electron chi connectivity index (χ0n) is 14.6. The average Bonchev–Trinajstić information content (AvgIpc) is 3.12. The lowest BCUT2D eigenvalue weighted by Gasteiger charge is -2.08. The van der Waals surface area contributed by atoms with Gasteiger partial charge in [-0.25, -0.2) is 4.98 Å². The third kappa shape index (κ3) is 3.49. The fraction of sp³-hybridized carbons (Fsp3) is 0.0952. The minimum atomic E-state index is -3.86. The summed E-state index contributed by atoms with van der Waals surface area (Å²) in [5.41, 5.74) is 3.33. The smallest absolute Gasteiger partial charge is 0.297 e. The molecule has 0 aliphatic carbocycles. The van der Waals surface area contributed by atoms with Crippen LogP contribution < -0.4 is 0 Å². The summed E-state index contributed by atoms with van der Waals surface area (Å²) < 4.78 is 36.2. The summed E-state index contributed by atoms with van der Waals surface area (Å²) >= 11 is 0. The molecule has 136 valence electrons. The molecule has 0 aliphatic heterocycles. The Balaban J connectivity index is 1.65. The first-order valence-electron chi connectivity index (χ1n) is 8.43. The van der Waals surface area contributed by atoms with Crippen molar-refractivity contribution in [3.05, 3.63) is 83.9 Å². The molecule has 0 atom stereocenters. The third-order valence-corrected chi connectivity index (χ3v) is 5.68. The minimum Gasteiger partial charge on any atom is -0.436 e. The first kappa shape index (κ1) is 17.5. The van der Waals surface area contributed by atoms with Crippen molar-refractivity contribution in [3.8, 4) is 11.5 Å². The first-order chi connectivity index (χ1) is 13.0. The molecule has 4 rings (SSSR count). The summed E-state index contributed by atoms with van der Waals surface area (Å²) in [6.07, 6.45) is 0. The lowest BCUT2D eigenvalue weighted by atomic mass is 10.2. The summed E-state index contributed by atoms with van der Waals surface area (Å²) in [7, 11) is -3.86. The second-order valence-electron chi connectivity index (χ2n) is 6.13. The fourth-order valence-corrected chi connectivity index (χ4v) is 3.98. The second-order valence-corrected chi connectivity index (χ2v) is 7.71. The molecule has 1 heterocycles. The normalized spacial score (nSPS) is 11.7. The molecular weight excluding hydrogens is 362 g/mol. The number of benzene rings is 3. The minimum absolute atomic E-state index is 0.116. The Kier molecular flexibility index (Phi) is 4.51. The lowest BCUT2D eigenvalue weighted by Crippen LogP contribution is -2.08. The van der Waals surface area contributed by atoms with Crippen LogP contribution in [0.4, 0.5) is 0 Å². The van der Waals surface area contributed by atoms with E-state index in [2.05, 4.69) is 4.98 Å². The van der Waals surface area contributed by atoms with Crippen molar-refractivity contribution < 1.29 is 17.0 Å². The van der Waals surface area contributed by atoms with Crippen molar-refractivity contribution in [3.63, 3.8) is 0 Å². The molecule has 0 radical (unpaired) electrons. The Labute approximate surface area is 157 Å². The topological polar surface area (TPSA) is 69.4 Å². The summed E-state index contributed by atoms with van der Waals surface area (Å²) in [4.78, 5) is 4.70. The molecule has 0 aliphatic rings. The third-order valence-electron chi connectivity index (χ3n) is 4.26. The quantitative estimate of drug-likeness (QED) is 0.470. The molecule has 0 saturated heterocycles. The fourth-order valence-electron chi connectivity index (χ4n) is 2.87. The monoisotopic (exact) mass is 379 g/mol. The summed E-state index contributed by atoms with van der Waals surface area (Å²) in [6.45, 7) is 1.62. The van der Waals surface area contributed by atoms with E-state index in [-0.39, 0.29) is 11.5 Å². The predicted octanol–water partition coefficient (Wildman–Crippen LogP) is 4.71. The molecule has 0 unspecified atom stereocenters. The molecule has 4 aromatic rings. The molecular formula is C21H17NO4S. The van der Waals surface area contributed by atoms with Gasteiger partial charge in [-0.15, -0.1) is 0 Å². The number of aryl methyl sites for hydroxylation is 1. The van der Waals surface area contributed by atoms with Crippen LogP contribution in [0.5, 0.6) is 0 Å². The Morgan fingerprint density at radius 2 is 1.67 bits per heavy atom. The Morgan fingerprint density at radius 1 is 0.926 bits per heavy atom. The van der Waals surface area contributed by atoms with Gasteiger partial charge in [-0.3, -0.25) is 4.18 Å². The Hall–Kier alpha value is -2.96. The Bertz CT molecular complexity index is 1200. The first-order valence-corrected chi connectivity index (χ1v) is 9.84. The molecule has 0 saturated carbocycles. The van der Waals surface area contributed by atoms with Crippen LogP contribution in [0.3, 0.4) is 0 Å². The molecule has 3 aromatic carbocycles. The standard InChI is InChI=1S/C21H17NO4S/c1-15-8-5-6-13-19(15)27(23,24)25-14-17-11-7-12-18-20(17)22-21(26-18)16-9-3-2-4-10-16/h2-13H,14H2,1H3. The highest BCUT2D eigenvalue weighted by Gasteiger charge is 2.19. The SMILES string of the molecule is Cc1ccccc1S(=O)(=O)OCc1cccc2oc(-c3ccccc3)nc12. The number of hydrogen-bond acceptors (Lipinski definition) is 5. The van der Waals surface area contributed by atoms with Gasteiger partial charge >= 0.3 is 0 Å². The van der Waals surface area contributed by atoms with Gasteiger partial charge in [0, 0.05) is 11.1 Å². The highest BCUT2D eigenvalue weighted by atomic mass is 32.2. The highest BCUT2D eigenvalue weighted by molar-refractivity contribution is 7.86. The highest BCUT2D eigenvalue weighted by Crippen LogP contribution is 2.27. The van der Waals surface area contributed by atoms with Gasteiger partial charge in [-0.05, 0) is 36.8 Å². The lowest BCUT2D eigenvalue weighted by molar-refractivity contribution is 0.309. The van der Waals surface area contributed by atoms with Crippen molar-refractivity contribution >= 4 is 21.2 Å². The van der Waals surface area contributed by atoms with Gasteiger partial charge in [0.25, 0.3) is 10.1 Å². The predicted molar refractivity (Wildman–Crippen MR) is 103 cm³/mol. The van der Waals surface area contributed by atoms with Crippen molar-refractivity contribution in [1.29, 1.82) is 0 Å². The van der Waals surface area contributed by atoms with Crippen LogP contribution in [0.25, 0.3) is 22.6 Å². The number of para-hydroxylation sites is 1. The zero-order chi connectivity index (χ0) is 18.9. The number of fused-ring (bicyclic) bond motifs is 1. The summed E-state index contributed by atoms with van der Waals surface area (Å²) in [5.74, 6) is 0.486. The summed E-state index contributed by atoms with van der Waals surface area (Å²) in [5, 5.41) is 0. The second kappa shape index (κ2) is 6.98. The van der Waals surface area contributed by atoms with Crippen LogP contribution >= 0.6 is 0 Å². The van der Waals surface area contributed by atoms with E-state index in [1.54, 1.807) is 43.3 Å². The van der Waals surface area contributed by atoms with E-state index < -0.39 is 10.1 Å². The molecule has 1 aromatic heterocycles. The van der Waals surface area contributed by atoms with E-state index in [1.807, 2.05) is 30.3 Å². The maximum atomic E-state index is 12.5. The molecule has 0 amide bonds. The molecule has 0 N–H and O–H groups in total. The number of nitrogens with zero attached hydrogens (tertiary/aromatic N) is 1. The zero-order valence-corrected chi connectivity index (χ0v) is 15.4. The van der Waals surface area contributed by atoms with Crippen LogP contribution in [-0.2, 0) is 20.9 Å². The van der Waals surface area contributed by atoms with E-state index in [9.17, 15) is 8.42 Å². The number of rotatable bonds is 5. The van der Waals surface area contributed by atoms with E-state index >= 15 is 0 Å². The molecule has 0 spiro atoms. The molecule has 0 bridgehead atoms. The van der Waals surface area contributed by atoms with Crippen LogP contribution in [-0.4, -0.2) is 13.4 Å². The van der Waals surface area contributed by atoms with Crippen LogP contribution in [0.15, 0.2) is 82.1 Å². The van der Waals surface area contributed by atoms with E-state index in [0.29, 0.717) is 28.1 Å². The van der Waals surface area contributed by atoms with Crippen LogP contribution in [0.1, 0.15) is 11.1 Å².